The van der Waals surface area contributed by atoms with E-state index in [0.717, 1.165) is 17.9 Å². The van der Waals surface area contributed by atoms with E-state index in [-0.39, 0.29) is 0 Å². The first-order valence-electron chi connectivity index (χ1n) is 7.18. The Labute approximate surface area is 126 Å². The molecule has 1 atom stereocenters. The normalized spacial score (nSPS) is 12.0. The number of nitrogens with zero attached hydrogens (tertiary/aromatic N) is 1. The highest BCUT2D eigenvalue weighted by Gasteiger charge is 2.07. The summed E-state index contributed by atoms with van der Waals surface area (Å²) in [5.41, 5.74) is 2.15. The van der Waals surface area contributed by atoms with Gasteiger partial charge in [-0.2, -0.15) is 0 Å². The van der Waals surface area contributed by atoms with Gasteiger partial charge >= 0.3 is 0 Å². The molecule has 4 heteroatoms. The molecule has 1 aromatic carbocycles. The summed E-state index contributed by atoms with van der Waals surface area (Å²) in [7, 11) is 1.62. The van der Waals surface area contributed by atoms with Crippen LogP contribution in [0.1, 0.15) is 31.0 Å². The second-order valence-electron chi connectivity index (χ2n) is 4.81. The Morgan fingerprint density at radius 1 is 1.24 bits per heavy atom. The number of ether oxygens (including phenoxy) is 2. The van der Waals surface area contributed by atoms with Crippen LogP contribution in [0, 0.1) is 0 Å². The van der Waals surface area contributed by atoms with Gasteiger partial charge in [-0.25, -0.2) is 4.98 Å². The molecular formula is C17H22N2O2. The van der Waals surface area contributed by atoms with E-state index >= 15 is 0 Å². The van der Waals surface area contributed by atoms with Crippen molar-refractivity contribution < 1.29 is 9.47 Å². The maximum absolute atomic E-state index is 5.86. The summed E-state index contributed by atoms with van der Waals surface area (Å²) in [6.07, 6.45) is 1.71. The Bertz CT molecular complexity index is 572. The number of hydrogen-bond acceptors (Lipinski definition) is 4. The Morgan fingerprint density at radius 2 is 2.10 bits per heavy atom. The molecule has 2 aromatic rings. The minimum atomic E-state index is 0.312. The number of rotatable bonds is 7. The zero-order valence-electron chi connectivity index (χ0n) is 12.8. The molecule has 112 valence electrons. The molecule has 21 heavy (non-hydrogen) atoms. The van der Waals surface area contributed by atoms with E-state index in [1.165, 1.54) is 5.56 Å². The SMILES string of the molecule is CCNC(C)c1cccc(OCc2cccnc2OC)c1. The summed E-state index contributed by atoms with van der Waals surface area (Å²) in [4.78, 5) is 4.17. The predicted molar refractivity (Wildman–Crippen MR) is 83.7 cm³/mol. The lowest BCUT2D eigenvalue weighted by Gasteiger charge is -2.14. The molecule has 0 radical (unpaired) electrons. The summed E-state index contributed by atoms with van der Waals surface area (Å²) in [6.45, 7) is 5.63. The first-order chi connectivity index (χ1) is 10.2. The van der Waals surface area contributed by atoms with Gasteiger partial charge in [0.25, 0.3) is 0 Å². The van der Waals surface area contributed by atoms with Crippen LogP contribution in [-0.2, 0) is 6.61 Å². The second kappa shape index (κ2) is 7.64. The lowest BCUT2D eigenvalue weighted by molar-refractivity contribution is 0.293. The average molecular weight is 286 g/mol. The molecule has 0 bridgehead atoms. The van der Waals surface area contributed by atoms with Crippen molar-refractivity contribution in [1.29, 1.82) is 0 Å². The van der Waals surface area contributed by atoms with E-state index in [9.17, 15) is 0 Å². The van der Waals surface area contributed by atoms with Crippen LogP contribution in [0.2, 0.25) is 0 Å². The third kappa shape index (κ3) is 4.20. The van der Waals surface area contributed by atoms with Crippen molar-refractivity contribution in [1.82, 2.24) is 10.3 Å². The lowest BCUT2D eigenvalue weighted by Crippen LogP contribution is -2.17. The average Bonchev–Trinajstić information content (AvgIpc) is 2.53. The van der Waals surface area contributed by atoms with Gasteiger partial charge in [-0.1, -0.05) is 19.1 Å². The molecule has 0 spiro atoms. The van der Waals surface area contributed by atoms with Gasteiger partial charge in [-0.05, 0) is 43.3 Å². The molecule has 0 aliphatic rings. The lowest BCUT2D eigenvalue weighted by atomic mass is 10.1. The highest BCUT2D eigenvalue weighted by molar-refractivity contribution is 5.31. The molecule has 0 aliphatic heterocycles. The molecule has 0 amide bonds. The minimum absolute atomic E-state index is 0.312. The van der Waals surface area contributed by atoms with Gasteiger partial charge in [-0.15, -0.1) is 0 Å². The van der Waals surface area contributed by atoms with Crippen molar-refractivity contribution in [3.63, 3.8) is 0 Å². The Kier molecular flexibility index (Phi) is 5.58. The molecule has 0 saturated carbocycles. The van der Waals surface area contributed by atoms with Crippen LogP contribution in [-0.4, -0.2) is 18.6 Å². The quantitative estimate of drug-likeness (QED) is 0.847. The summed E-state index contributed by atoms with van der Waals surface area (Å²) < 4.78 is 11.1. The zero-order chi connectivity index (χ0) is 15.1. The minimum Gasteiger partial charge on any atom is -0.489 e. The predicted octanol–water partition coefficient (Wildman–Crippen LogP) is 3.34. The summed E-state index contributed by atoms with van der Waals surface area (Å²) in [5.74, 6) is 1.46. The molecule has 4 nitrogen and oxygen atoms in total. The molecule has 1 aromatic heterocycles. The van der Waals surface area contributed by atoms with Gasteiger partial charge in [0.15, 0.2) is 0 Å². The molecule has 0 fully saturated rings. The standard InChI is InChI=1S/C17H22N2O2/c1-4-18-13(2)14-7-5-9-16(11-14)21-12-15-8-6-10-19-17(15)20-3/h5-11,13,18H,4,12H2,1-3H3. The van der Waals surface area contributed by atoms with E-state index in [2.05, 4.69) is 36.3 Å². The second-order valence-corrected chi connectivity index (χ2v) is 4.81. The number of nitrogens with one attached hydrogen (secondary N) is 1. The van der Waals surface area contributed by atoms with Gasteiger partial charge in [0.1, 0.15) is 12.4 Å². The summed E-state index contributed by atoms with van der Waals surface area (Å²) >= 11 is 0. The highest BCUT2D eigenvalue weighted by Crippen LogP contribution is 2.21. The zero-order valence-corrected chi connectivity index (χ0v) is 12.8. The first-order valence-corrected chi connectivity index (χ1v) is 7.18. The van der Waals surface area contributed by atoms with Crippen LogP contribution in [0.25, 0.3) is 0 Å². The van der Waals surface area contributed by atoms with Crippen LogP contribution in [0.15, 0.2) is 42.6 Å². The number of methoxy groups -OCH3 is 1. The third-order valence-electron chi connectivity index (χ3n) is 3.31. The van der Waals surface area contributed by atoms with Crippen LogP contribution in [0.3, 0.4) is 0 Å². The van der Waals surface area contributed by atoms with Crippen molar-refractivity contribution in [2.45, 2.75) is 26.5 Å². The van der Waals surface area contributed by atoms with Crippen molar-refractivity contribution in [2.75, 3.05) is 13.7 Å². The topological polar surface area (TPSA) is 43.4 Å². The maximum Gasteiger partial charge on any atom is 0.219 e. The number of benzene rings is 1. The van der Waals surface area contributed by atoms with Gasteiger partial charge < -0.3 is 14.8 Å². The van der Waals surface area contributed by atoms with E-state index in [0.29, 0.717) is 18.5 Å². The fraction of sp³-hybridized carbons (Fsp3) is 0.353. The Balaban J connectivity index is 2.05. The summed E-state index contributed by atoms with van der Waals surface area (Å²) in [6, 6.07) is 12.3. The summed E-state index contributed by atoms with van der Waals surface area (Å²) in [5, 5.41) is 3.40. The fourth-order valence-electron chi connectivity index (χ4n) is 2.18. The molecule has 1 unspecified atom stereocenters. The van der Waals surface area contributed by atoms with Gasteiger partial charge in [0.2, 0.25) is 5.88 Å². The number of aromatic nitrogens is 1. The van der Waals surface area contributed by atoms with Crippen molar-refractivity contribution in [3.05, 3.63) is 53.7 Å². The monoisotopic (exact) mass is 286 g/mol. The van der Waals surface area contributed by atoms with Crippen molar-refractivity contribution in [2.24, 2.45) is 0 Å². The molecule has 2 rings (SSSR count). The number of pyridine rings is 1. The molecule has 0 saturated heterocycles. The van der Waals surface area contributed by atoms with Crippen LogP contribution >= 0.6 is 0 Å². The van der Waals surface area contributed by atoms with Crippen LogP contribution in [0.4, 0.5) is 0 Å². The Morgan fingerprint density at radius 3 is 2.86 bits per heavy atom. The third-order valence-corrected chi connectivity index (χ3v) is 3.31. The van der Waals surface area contributed by atoms with E-state index in [4.69, 9.17) is 9.47 Å². The van der Waals surface area contributed by atoms with Crippen molar-refractivity contribution >= 4 is 0 Å². The van der Waals surface area contributed by atoms with E-state index in [1.54, 1.807) is 13.3 Å². The van der Waals surface area contributed by atoms with Crippen LogP contribution in [0.5, 0.6) is 11.6 Å². The van der Waals surface area contributed by atoms with Gasteiger partial charge in [-0.3, -0.25) is 0 Å². The van der Waals surface area contributed by atoms with Gasteiger partial charge in [0, 0.05) is 12.2 Å². The first kappa shape index (κ1) is 15.3. The molecular weight excluding hydrogens is 264 g/mol. The highest BCUT2D eigenvalue weighted by atomic mass is 16.5. The van der Waals surface area contributed by atoms with Gasteiger partial charge in [0.05, 0.1) is 12.7 Å². The van der Waals surface area contributed by atoms with Crippen LogP contribution < -0.4 is 14.8 Å². The molecule has 0 aliphatic carbocycles. The maximum atomic E-state index is 5.86. The molecule has 1 N–H and O–H groups in total. The fourth-order valence-corrected chi connectivity index (χ4v) is 2.18. The smallest absolute Gasteiger partial charge is 0.219 e. The number of hydrogen-bond donors (Lipinski definition) is 1. The Hall–Kier alpha value is -2.07. The largest absolute Gasteiger partial charge is 0.489 e. The van der Waals surface area contributed by atoms with Crippen molar-refractivity contribution in [3.8, 4) is 11.6 Å². The molecule has 1 heterocycles. The van der Waals surface area contributed by atoms with E-state index in [1.807, 2.05) is 24.3 Å². The van der Waals surface area contributed by atoms with E-state index < -0.39 is 0 Å².